The van der Waals surface area contributed by atoms with Crippen molar-refractivity contribution in [3.05, 3.63) is 29.3 Å². The van der Waals surface area contributed by atoms with Gasteiger partial charge in [0.2, 0.25) is 0 Å². The van der Waals surface area contributed by atoms with E-state index in [4.69, 9.17) is 0 Å². The van der Waals surface area contributed by atoms with E-state index in [1.54, 1.807) is 6.07 Å². The van der Waals surface area contributed by atoms with E-state index in [0.29, 0.717) is 17.5 Å². The van der Waals surface area contributed by atoms with Gasteiger partial charge < -0.3 is 5.32 Å². The van der Waals surface area contributed by atoms with Gasteiger partial charge in [0, 0.05) is 12.2 Å². The van der Waals surface area contributed by atoms with Crippen molar-refractivity contribution in [3.63, 3.8) is 0 Å². The fourth-order valence-corrected chi connectivity index (χ4v) is 2.30. The first kappa shape index (κ1) is 9.07. The van der Waals surface area contributed by atoms with Crippen LogP contribution in [-0.4, -0.2) is 6.54 Å². The van der Waals surface area contributed by atoms with Gasteiger partial charge in [0.15, 0.2) is 0 Å². The highest BCUT2D eigenvalue weighted by molar-refractivity contribution is 5.59. The molecular formula is C11H10F3N. The predicted octanol–water partition coefficient (Wildman–Crippen LogP) is 3.23. The molecule has 2 unspecified atom stereocenters. The second-order valence-corrected chi connectivity index (χ2v) is 4.28. The van der Waals surface area contributed by atoms with Gasteiger partial charge in [-0.2, -0.15) is 13.2 Å². The maximum Gasteiger partial charge on any atom is 0.416 e. The van der Waals surface area contributed by atoms with Crippen LogP contribution in [0.3, 0.4) is 0 Å². The predicted molar refractivity (Wildman–Crippen MR) is 50.8 cm³/mol. The molecule has 1 nitrogen and oxygen atoms in total. The van der Waals surface area contributed by atoms with Crippen molar-refractivity contribution in [1.29, 1.82) is 0 Å². The highest BCUT2D eigenvalue weighted by atomic mass is 19.4. The Kier molecular flexibility index (Phi) is 1.62. The summed E-state index contributed by atoms with van der Waals surface area (Å²) >= 11 is 0. The molecule has 0 bridgehead atoms. The van der Waals surface area contributed by atoms with Gasteiger partial charge in [0.05, 0.1) is 5.56 Å². The maximum atomic E-state index is 12.4. The van der Waals surface area contributed by atoms with Crippen LogP contribution in [-0.2, 0) is 6.18 Å². The van der Waals surface area contributed by atoms with Crippen LogP contribution in [0.1, 0.15) is 23.5 Å². The highest BCUT2D eigenvalue weighted by Crippen LogP contribution is 2.53. The molecule has 3 rings (SSSR count). The normalized spacial score (nSPS) is 27.7. The number of hydrogen-bond acceptors (Lipinski definition) is 1. The first-order chi connectivity index (χ1) is 7.05. The minimum atomic E-state index is -4.24. The van der Waals surface area contributed by atoms with E-state index in [2.05, 4.69) is 5.32 Å². The zero-order valence-electron chi connectivity index (χ0n) is 7.93. The van der Waals surface area contributed by atoms with Gasteiger partial charge in [-0.25, -0.2) is 0 Å². The first-order valence-corrected chi connectivity index (χ1v) is 5.01. The topological polar surface area (TPSA) is 12.0 Å². The van der Waals surface area contributed by atoms with Crippen molar-refractivity contribution in [2.45, 2.75) is 18.5 Å². The molecule has 1 N–H and O–H groups in total. The molecular weight excluding hydrogens is 203 g/mol. The van der Waals surface area contributed by atoms with Crippen LogP contribution in [0.15, 0.2) is 18.2 Å². The lowest BCUT2D eigenvalue weighted by atomic mass is 10.0. The minimum Gasteiger partial charge on any atom is -0.385 e. The van der Waals surface area contributed by atoms with E-state index in [1.165, 1.54) is 12.1 Å². The Labute approximate surface area is 85.3 Å². The molecule has 80 valence electrons. The molecule has 15 heavy (non-hydrogen) atoms. The summed E-state index contributed by atoms with van der Waals surface area (Å²) in [4.78, 5) is 0. The van der Waals surface area contributed by atoms with E-state index in [0.717, 1.165) is 18.5 Å². The number of halogens is 3. The van der Waals surface area contributed by atoms with Crippen molar-refractivity contribution < 1.29 is 13.2 Å². The average molecular weight is 213 g/mol. The number of hydrogen-bond donors (Lipinski definition) is 1. The summed E-state index contributed by atoms with van der Waals surface area (Å²) in [5, 5.41) is 3.07. The van der Waals surface area contributed by atoms with Crippen LogP contribution in [0.25, 0.3) is 0 Å². The number of nitrogens with one attached hydrogen (secondary N) is 1. The first-order valence-electron chi connectivity index (χ1n) is 5.01. The zero-order chi connectivity index (χ0) is 10.6. The van der Waals surface area contributed by atoms with E-state index in [-0.39, 0.29) is 0 Å². The number of anilines is 1. The van der Waals surface area contributed by atoms with E-state index >= 15 is 0 Å². The van der Waals surface area contributed by atoms with Crippen LogP contribution in [0.2, 0.25) is 0 Å². The molecule has 4 heteroatoms. The Morgan fingerprint density at radius 1 is 1.27 bits per heavy atom. The Bertz CT molecular complexity index is 411. The Morgan fingerprint density at radius 2 is 2.07 bits per heavy atom. The van der Waals surface area contributed by atoms with Gasteiger partial charge in [-0.3, -0.25) is 0 Å². The number of alkyl halides is 3. The van der Waals surface area contributed by atoms with Crippen molar-refractivity contribution >= 4 is 5.69 Å². The second-order valence-electron chi connectivity index (χ2n) is 4.28. The molecule has 1 saturated carbocycles. The lowest BCUT2D eigenvalue weighted by Gasteiger charge is -2.19. The summed E-state index contributed by atoms with van der Waals surface area (Å²) in [6.45, 7) is 0.818. The zero-order valence-corrected chi connectivity index (χ0v) is 7.93. The Hall–Kier alpha value is -1.19. The van der Waals surface area contributed by atoms with Crippen molar-refractivity contribution in [2.24, 2.45) is 5.92 Å². The molecule has 0 spiro atoms. The molecule has 0 radical (unpaired) electrons. The molecule has 2 atom stereocenters. The molecule has 1 fully saturated rings. The molecule has 1 aliphatic carbocycles. The Morgan fingerprint density at radius 3 is 2.80 bits per heavy atom. The largest absolute Gasteiger partial charge is 0.416 e. The van der Waals surface area contributed by atoms with E-state index in [9.17, 15) is 13.2 Å². The number of rotatable bonds is 0. The van der Waals surface area contributed by atoms with Crippen molar-refractivity contribution in [1.82, 2.24) is 0 Å². The molecule has 1 aliphatic heterocycles. The third-order valence-electron chi connectivity index (χ3n) is 3.26. The van der Waals surface area contributed by atoms with E-state index < -0.39 is 11.7 Å². The number of benzene rings is 1. The summed E-state index contributed by atoms with van der Waals surface area (Å²) < 4.78 is 37.3. The van der Waals surface area contributed by atoms with Gasteiger partial charge in [0.25, 0.3) is 0 Å². The van der Waals surface area contributed by atoms with Crippen LogP contribution in [0, 0.1) is 5.92 Å². The minimum absolute atomic E-state index is 0.503. The standard InChI is InChI=1S/C11H10F3N/c12-11(13,14)7-1-2-8-9-3-6(9)5-15-10(8)4-7/h1-2,4,6,9,15H,3,5H2. The molecule has 1 aromatic rings. The van der Waals surface area contributed by atoms with Crippen molar-refractivity contribution in [3.8, 4) is 0 Å². The molecule has 0 aromatic heterocycles. The molecule has 1 heterocycles. The van der Waals surface area contributed by atoms with Crippen molar-refractivity contribution in [2.75, 3.05) is 11.9 Å². The van der Waals surface area contributed by atoms with Gasteiger partial charge in [0.1, 0.15) is 0 Å². The third kappa shape index (κ3) is 1.39. The summed E-state index contributed by atoms with van der Waals surface area (Å²) in [6.07, 6.45) is -3.12. The smallest absolute Gasteiger partial charge is 0.385 e. The summed E-state index contributed by atoms with van der Waals surface area (Å²) in [5.41, 5.74) is 1.16. The van der Waals surface area contributed by atoms with E-state index in [1.807, 2.05) is 0 Å². The van der Waals surface area contributed by atoms with Gasteiger partial charge in [-0.1, -0.05) is 6.07 Å². The highest BCUT2D eigenvalue weighted by Gasteiger charge is 2.43. The Balaban J connectivity index is 2.03. The maximum absolute atomic E-state index is 12.4. The summed E-state index contributed by atoms with van der Waals surface area (Å²) in [6, 6.07) is 4.03. The van der Waals surface area contributed by atoms with Gasteiger partial charge in [-0.15, -0.1) is 0 Å². The van der Waals surface area contributed by atoms with Crippen LogP contribution < -0.4 is 5.32 Å². The van der Waals surface area contributed by atoms with Crippen LogP contribution in [0.4, 0.5) is 18.9 Å². The second kappa shape index (κ2) is 2.68. The average Bonchev–Trinajstić information content (AvgIpc) is 2.94. The fraction of sp³-hybridized carbons (Fsp3) is 0.455. The van der Waals surface area contributed by atoms with Crippen LogP contribution >= 0.6 is 0 Å². The van der Waals surface area contributed by atoms with Gasteiger partial charge >= 0.3 is 6.18 Å². The molecule has 2 aliphatic rings. The number of fused-ring (bicyclic) bond motifs is 3. The molecule has 0 saturated heterocycles. The quantitative estimate of drug-likeness (QED) is 0.697. The lowest BCUT2D eigenvalue weighted by molar-refractivity contribution is -0.137. The molecule has 1 aromatic carbocycles. The summed E-state index contributed by atoms with van der Waals surface area (Å²) in [5.74, 6) is 1.15. The third-order valence-corrected chi connectivity index (χ3v) is 3.26. The van der Waals surface area contributed by atoms with Crippen LogP contribution in [0.5, 0.6) is 0 Å². The monoisotopic (exact) mass is 213 g/mol. The SMILES string of the molecule is FC(F)(F)c1ccc2c(c1)NCC1CC21. The molecule has 0 amide bonds. The summed E-state index contributed by atoms with van der Waals surface area (Å²) in [7, 11) is 0. The fourth-order valence-electron chi connectivity index (χ4n) is 2.30. The van der Waals surface area contributed by atoms with Gasteiger partial charge in [-0.05, 0) is 36.0 Å². The lowest BCUT2D eigenvalue weighted by Crippen LogP contribution is -2.13.